The van der Waals surface area contributed by atoms with E-state index in [1.807, 2.05) is 12.1 Å². The molecule has 1 rings (SSSR count). The Labute approximate surface area is 91.3 Å². The first-order chi connectivity index (χ1) is 7.17. The molecule has 15 heavy (non-hydrogen) atoms. The highest BCUT2D eigenvalue weighted by atomic mass is 15.2. The lowest BCUT2D eigenvalue weighted by molar-refractivity contribution is 0.511. The predicted octanol–water partition coefficient (Wildman–Crippen LogP) is 2.21. The zero-order valence-corrected chi connectivity index (χ0v) is 9.62. The Morgan fingerprint density at radius 3 is 2.73 bits per heavy atom. The van der Waals surface area contributed by atoms with Gasteiger partial charge in [0.25, 0.3) is 0 Å². The van der Waals surface area contributed by atoms with Crippen LogP contribution in [0.5, 0.6) is 0 Å². The van der Waals surface area contributed by atoms with Crippen molar-refractivity contribution < 1.29 is 0 Å². The molecular weight excluding hydrogens is 188 g/mol. The number of nitrogens with zero attached hydrogens (tertiary/aromatic N) is 1. The third kappa shape index (κ3) is 3.40. The van der Waals surface area contributed by atoms with Gasteiger partial charge >= 0.3 is 0 Å². The number of nitrogens with one attached hydrogen (secondary N) is 2. The number of rotatable bonds is 5. The Kier molecular flexibility index (Phi) is 4.37. The van der Waals surface area contributed by atoms with Gasteiger partial charge in [-0.1, -0.05) is 20.8 Å². The number of pyridine rings is 1. The van der Waals surface area contributed by atoms with Gasteiger partial charge in [0.15, 0.2) is 0 Å². The van der Waals surface area contributed by atoms with Gasteiger partial charge in [-0.15, -0.1) is 0 Å². The second-order valence-corrected chi connectivity index (χ2v) is 3.98. The van der Waals surface area contributed by atoms with Crippen molar-refractivity contribution in [2.45, 2.75) is 33.2 Å². The second-order valence-electron chi connectivity index (χ2n) is 3.98. The molecule has 1 aromatic heterocycles. The first-order valence-electron chi connectivity index (χ1n) is 5.36. The maximum absolute atomic E-state index is 5.30. The Hall–Kier alpha value is -1.29. The topological polar surface area (TPSA) is 63.0 Å². The lowest BCUT2D eigenvalue weighted by Crippen LogP contribution is -2.24. The van der Waals surface area contributed by atoms with Crippen molar-refractivity contribution in [2.24, 2.45) is 11.8 Å². The van der Waals surface area contributed by atoms with Gasteiger partial charge in [-0.3, -0.25) is 0 Å². The summed E-state index contributed by atoms with van der Waals surface area (Å²) in [6.07, 6.45) is 2.84. The van der Waals surface area contributed by atoms with E-state index in [4.69, 9.17) is 5.84 Å². The van der Waals surface area contributed by atoms with Crippen molar-refractivity contribution in [3.8, 4) is 0 Å². The van der Waals surface area contributed by atoms with Gasteiger partial charge in [0.2, 0.25) is 0 Å². The summed E-state index contributed by atoms with van der Waals surface area (Å²) in [4.78, 5) is 4.06. The number of hydrogen-bond acceptors (Lipinski definition) is 4. The van der Waals surface area contributed by atoms with Crippen LogP contribution in [0.25, 0.3) is 0 Å². The second kappa shape index (κ2) is 5.56. The van der Waals surface area contributed by atoms with Crippen LogP contribution in [0.4, 0.5) is 11.5 Å². The largest absolute Gasteiger partial charge is 0.382 e. The van der Waals surface area contributed by atoms with Gasteiger partial charge in [0, 0.05) is 24.0 Å². The molecule has 0 aliphatic heterocycles. The number of hydrogen-bond donors (Lipinski definition) is 3. The zero-order valence-electron chi connectivity index (χ0n) is 9.62. The molecule has 0 bridgehead atoms. The van der Waals surface area contributed by atoms with Crippen LogP contribution < -0.4 is 16.6 Å². The minimum atomic E-state index is 0.484. The molecule has 0 aromatic carbocycles. The molecule has 1 heterocycles. The van der Waals surface area contributed by atoms with E-state index in [0.717, 1.165) is 12.1 Å². The summed E-state index contributed by atoms with van der Waals surface area (Å²) < 4.78 is 0. The Balaban J connectivity index is 2.70. The smallest absolute Gasteiger partial charge is 0.141 e. The molecule has 0 radical (unpaired) electrons. The van der Waals surface area contributed by atoms with Crippen LogP contribution in [0.15, 0.2) is 18.3 Å². The summed E-state index contributed by atoms with van der Waals surface area (Å²) >= 11 is 0. The van der Waals surface area contributed by atoms with E-state index in [0.29, 0.717) is 17.8 Å². The summed E-state index contributed by atoms with van der Waals surface area (Å²) in [5.74, 6) is 6.59. The molecule has 4 nitrogen and oxygen atoms in total. The van der Waals surface area contributed by atoms with Gasteiger partial charge in [0.1, 0.15) is 5.82 Å². The average Bonchev–Trinajstić information content (AvgIpc) is 2.25. The van der Waals surface area contributed by atoms with Crippen LogP contribution in [0.1, 0.15) is 27.2 Å². The normalized spacial score (nSPS) is 12.6. The average molecular weight is 208 g/mol. The van der Waals surface area contributed by atoms with E-state index in [9.17, 15) is 0 Å². The summed E-state index contributed by atoms with van der Waals surface area (Å²) in [5.41, 5.74) is 3.59. The third-order valence-corrected chi connectivity index (χ3v) is 2.50. The van der Waals surface area contributed by atoms with E-state index >= 15 is 0 Å². The van der Waals surface area contributed by atoms with Crippen molar-refractivity contribution in [1.82, 2.24) is 4.98 Å². The molecule has 0 aliphatic carbocycles. The first kappa shape index (κ1) is 11.8. The lowest BCUT2D eigenvalue weighted by atomic mass is 10.0. The molecule has 0 spiro atoms. The third-order valence-electron chi connectivity index (χ3n) is 2.50. The van der Waals surface area contributed by atoms with Gasteiger partial charge in [-0.25, -0.2) is 10.8 Å². The number of nitrogens with two attached hydrogens (primary N) is 1. The van der Waals surface area contributed by atoms with E-state index in [1.54, 1.807) is 6.20 Å². The summed E-state index contributed by atoms with van der Waals surface area (Å²) in [6, 6.07) is 4.34. The van der Waals surface area contributed by atoms with Crippen LogP contribution in [0.3, 0.4) is 0 Å². The SMILES string of the molecule is CCC(Nc1ccnc(NN)c1)C(C)C. The fraction of sp³-hybridized carbons (Fsp3) is 0.545. The highest BCUT2D eigenvalue weighted by Gasteiger charge is 2.10. The fourth-order valence-corrected chi connectivity index (χ4v) is 1.55. The fourth-order valence-electron chi connectivity index (χ4n) is 1.55. The van der Waals surface area contributed by atoms with Crippen molar-refractivity contribution in [3.63, 3.8) is 0 Å². The number of nitrogen functional groups attached to an aromatic ring is 1. The quantitative estimate of drug-likeness (QED) is 0.513. The molecular formula is C11H20N4. The van der Waals surface area contributed by atoms with E-state index in [1.165, 1.54) is 0 Å². The van der Waals surface area contributed by atoms with E-state index < -0.39 is 0 Å². The van der Waals surface area contributed by atoms with Crippen molar-refractivity contribution >= 4 is 11.5 Å². The van der Waals surface area contributed by atoms with Crippen LogP contribution in [-0.2, 0) is 0 Å². The van der Waals surface area contributed by atoms with Gasteiger partial charge < -0.3 is 10.7 Å². The number of anilines is 2. The highest BCUT2D eigenvalue weighted by Crippen LogP contribution is 2.16. The maximum Gasteiger partial charge on any atom is 0.141 e. The first-order valence-corrected chi connectivity index (χ1v) is 5.36. The molecule has 84 valence electrons. The summed E-state index contributed by atoms with van der Waals surface area (Å²) in [6.45, 7) is 6.61. The van der Waals surface area contributed by atoms with E-state index in [-0.39, 0.29) is 0 Å². The van der Waals surface area contributed by atoms with Gasteiger partial charge in [0.05, 0.1) is 0 Å². The van der Waals surface area contributed by atoms with Crippen LogP contribution >= 0.6 is 0 Å². The molecule has 4 N–H and O–H groups in total. The molecule has 0 amide bonds. The molecule has 0 saturated carbocycles. The standard InChI is InChI=1S/C11H20N4/c1-4-10(8(2)3)14-9-5-6-13-11(7-9)15-12/h5-8,10H,4,12H2,1-3H3,(H2,13,14,15). The summed E-state index contributed by atoms with van der Waals surface area (Å²) in [5, 5.41) is 3.47. The molecule has 1 aromatic rings. The summed E-state index contributed by atoms with van der Waals surface area (Å²) in [7, 11) is 0. The number of hydrazine groups is 1. The Morgan fingerprint density at radius 2 is 2.20 bits per heavy atom. The molecule has 0 fully saturated rings. The number of aromatic nitrogens is 1. The highest BCUT2D eigenvalue weighted by molar-refractivity contribution is 5.51. The van der Waals surface area contributed by atoms with Crippen LogP contribution in [0, 0.1) is 5.92 Å². The van der Waals surface area contributed by atoms with E-state index in [2.05, 4.69) is 36.5 Å². The van der Waals surface area contributed by atoms with Crippen molar-refractivity contribution in [1.29, 1.82) is 0 Å². The zero-order chi connectivity index (χ0) is 11.3. The van der Waals surface area contributed by atoms with Crippen molar-refractivity contribution in [2.75, 3.05) is 10.7 Å². The van der Waals surface area contributed by atoms with Crippen molar-refractivity contribution in [3.05, 3.63) is 18.3 Å². The predicted molar refractivity (Wildman–Crippen MR) is 64.6 cm³/mol. The molecule has 0 aliphatic rings. The Bertz CT molecular complexity index is 298. The van der Waals surface area contributed by atoms with Gasteiger partial charge in [-0.2, -0.15) is 0 Å². The molecule has 1 atom stereocenters. The van der Waals surface area contributed by atoms with Gasteiger partial charge in [-0.05, 0) is 18.4 Å². The maximum atomic E-state index is 5.30. The monoisotopic (exact) mass is 208 g/mol. The lowest BCUT2D eigenvalue weighted by Gasteiger charge is -2.22. The molecule has 1 unspecified atom stereocenters. The molecule has 0 saturated heterocycles. The van der Waals surface area contributed by atoms with Crippen LogP contribution in [-0.4, -0.2) is 11.0 Å². The minimum absolute atomic E-state index is 0.484. The van der Waals surface area contributed by atoms with Crippen LogP contribution in [0.2, 0.25) is 0 Å². The minimum Gasteiger partial charge on any atom is -0.382 e. The molecule has 4 heteroatoms. The Morgan fingerprint density at radius 1 is 1.47 bits per heavy atom.